The average molecular weight is 542 g/mol. The zero-order valence-corrected chi connectivity index (χ0v) is 20.9. The summed E-state index contributed by atoms with van der Waals surface area (Å²) in [5.41, 5.74) is -2.03. The summed E-state index contributed by atoms with van der Waals surface area (Å²) in [6.45, 7) is -0.955. The highest BCUT2D eigenvalue weighted by Crippen LogP contribution is 2.19. The van der Waals surface area contributed by atoms with E-state index in [1.165, 1.54) is 54.7 Å². The van der Waals surface area contributed by atoms with Crippen LogP contribution in [0.1, 0.15) is 22.4 Å². The molecule has 9 nitrogen and oxygen atoms in total. The van der Waals surface area contributed by atoms with Crippen molar-refractivity contribution in [3.63, 3.8) is 0 Å². The lowest BCUT2D eigenvalue weighted by Crippen LogP contribution is -2.42. The molecule has 0 aliphatic heterocycles. The Labute approximate surface area is 225 Å². The first-order valence-corrected chi connectivity index (χ1v) is 12.1. The predicted molar refractivity (Wildman–Crippen MR) is 145 cm³/mol. The molecule has 0 saturated carbocycles. The number of hydrogen-bond donors (Lipinski definition) is 0. The molecule has 0 aliphatic rings. The largest absolute Gasteiger partial charge is 0.357 e. The first kappa shape index (κ1) is 26.2. The zero-order valence-electron chi connectivity index (χ0n) is 20.9. The first-order chi connectivity index (χ1) is 19.3. The zero-order chi connectivity index (χ0) is 28.2. The molecule has 0 spiro atoms. The van der Waals surface area contributed by atoms with Crippen molar-refractivity contribution in [1.82, 2.24) is 18.9 Å². The summed E-state index contributed by atoms with van der Waals surface area (Å²) >= 11 is 0. The van der Waals surface area contributed by atoms with E-state index in [0.29, 0.717) is 10.1 Å². The van der Waals surface area contributed by atoms with Gasteiger partial charge in [0.1, 0.15) is 17.3 Å². The van der Waals surface area contributed by atoms with Crippen molar-refractivity contribution < 1.29 is 13.7 Å². The van der Waals surface area contributed by atoms with Crippen molar-refractivity contribution in [2.75, 3.05) is 0 Å². The third kappa shape index (κ3) is 5.25. The summed E-state index contributed by atoms with van der Waals surface area (Å²) in [4.78, 5) is 38.2. The van der Waals surface area contributed by atoms with E-state index < -0.39 is 46.6 Å². The van der Waals surface area contributed by atoms with Gasteiger partial charge in [-0.3, -0.25) is 19.5 Å². The van der Waals surface area contributed by atoms with E-state index >= 15 is 0 Å². The van der Waals surface area contributed by atoms with Gasteiger partial charge in [-0.2, -0.15) is 5.10 Å². The van der Waals surface area contributed by atoms with Gasteiger partial charge in [0.05, 0.1) is 29.9 Å². The number of nitro groups is 1. The van der Waals surface area contributed by atoms with Crippen LogP contribution >= 0.6 is 0 Å². The van der Waals surface area contributed by atoms with Crippen molar-refractivity contribution in [3.8, 4) is 5.69 Å². The summed E-state index contributed by atoms with van der Waals surface area (Å²) in [6.07, 6.45) is 5.89. The van der Waals surface area contributed by atoms with Gasteiger partial charge in [-0.1, -0.05) is 54.6 Å². The Kier molecular flexibility index (Phi) is 7.27. The van der Waals surface area contributed by atoms with Crippen LogP contribution in [0.25, 0.3) is 17.8 Å². The lowest BCUT2D eigenvalue weighted by atomic mass is 10.2. The molecule has 0 saturated heterocycles. The molecule has 2 aromatic heterocycles. The summed E-state index contributed by atoms with van der Waals surface area (Å²) < 4.78 is 32.1. The molecule has 0 N–H and O–H groups in total. The van der Waals surface area contributed by atoms with Gasteiger partial charge >= 0.3 is 16.9 Å². The minimum Gasteiger partial charge on any atom is -0.283 e. The molecule has 0 aliphatic carbocycles. The van der Waals surface area contributed by atoms with Crippen molar-refractivity contribution >= 4 is 17.8 Å². The number of rotatable bonds is 8. The molecule has 11 heteroatoms. The highest BCUT2D eigenvalue weighted by atomic mass is 19.1. The number of hydrogen-bond acceptors (Lipinski definition) is 5. The van der Waals surface area contributed by atoms with Gasteiger partial charge in [0.2, 0.25) is 0 Å². The Morgan fingerprint density at radius 2 is 1.38 bits per heavy atom. The van der Waals surface area contributed by atoms with Gasteiger partial charge in [0.15, 0.2) is 0 Å². The third-order valence-corrected chi connectivity index (χ3v) is 6.26. The highest BCUT2D eigenvalue weighted by Gasteiger charge is 2.27. The van der Waals surface area contributed by atoms with Crippen LogP contribution in [-0.2, 0) is 13.1 Å². The van der Waals surface area contributed by atoms with E-state index in [2.05, 4.69) is 5.10 Å². The number of nitrogens with zero attached hydrogens (tertiary/aromatic N) is 5. The van der Waals surface area contributed by atoms with Crippen LogP contribution in [0.15, 0.2) is 101 Å². The predicted octanol–water partition coefficient (Wildman–Crippen LogP) is 4.65. The van der Waals surface area contributed by atoms with E-state index in [1.54, 1.807) is 16.9 Å². The van der Waals surface area contributed by atoms with Crippen LogP contribution in [0.3, 0.4) is 0 Å². The molecule has 5 rings (SSSR count). The maximum atomic E-state index is 14.6. The first-order valence-electron chi connectivity index (χ1n) is 12.1. The van der Waals surface area contributed by atoms with E-state index in [1.807, 2.05) is 30.3 Å². The van der Waals surface area contributed by atoms with Crippen molar-refractivity contribution in [3.05, 3.63) is 156 Å². The Bertz CT molecular complexity index is 1860. The molecule has 5 aromatic rings. The van der Waals surface area contributed by atoms with Gasteiger partial charge in [0, 0.05) is 22.9 Å². The fourth-order valence-electron chi connectivity index (χ4n) is 4.25. The Balaban J connectivity index is 1.67. The fraction of sp³-hybridized carbons (Fsp3) is 0.0690. The summed E-state index contributed by atoms with van der Waals surface area (Å²) in [7, 11) is 0. The molecule has 0 radical (unpaired) electrons. The molecular formula is C29H21F2N5O4. The SMILES string of the molecule is O=c1c([N+](=O)[O-])c(/C=C/c2cnn(-c3ccccc3)c2)n(Cc2ccccc2F)c(=O)n1Cc1ccccc1F. The number of halogens is 2. The maximum Gasteiger partial charge on any atom is 0.357 e. The van der Waals surface area contributed by atoms with Gasteiger partial charge in [-0.05, 0) is 36.4 Å². The van der Waals surface area contributed by atoms with Gasteiger partial charge < -0.3 is 0 Å². The second-order valence-corrected chi connectivity index (χ2v) is 8.82. The van der Waals surface area contributed by atoms with Crippen LogP contribution in [0.5, 0.6) is 0 Å². The van der Waals surface area contributed by atoms with E-state index in [9.17, 15) is 28.5 Å². The van der Waals surface area contributed by atoms with Gasteiger partial charge in [-0.25, -0.2) is 22.8 Å². The van der Waals surface area contributed by atoms with Crippen molar-refractivity contribution in [2.45, 2.75) is 13.1 Å². The summed E-state index contributed by atoms with van der Waals surface area (Å²) in [6, 6.07) is 20.3. The molecule has 0 atom stereocenters. The van der Waals surface area contributed by atoms with Crippen LogP contribution < -0.4 is 11.2 Å². The Morgan fingerprint density at radius 3 is 1.98 bits per heavy atom. The van der Waals surface area contributed by atoms with E-state index in [0.717, 1.165) is 16.3 Å². The highest BCUT2D eigenvalue weighted by molar-refractivity contribution is 5.71. The summed E-state index contributed by atoms with van der Waals surface area (Å²) in [5.74, 6) is -1.32. The van der Waals surface area contributed by atoms with Crippen LogP contribution in [0, 0.1) is 21.7 Å². The van der Waals surface area contributed by atoms with Crippen LogP contribution in [0.2, 0.25) is 0 Å². The van der Waals surface area contributed by atoms with Crippen LogP contribution in [0.4, 0.5) is 14.5 Å². The standard InChI is InChI=1S/C29H21F2N5O4/c30-24-12-6-4-8-21(24)18-33-26(15-14-20-16-32-35(17-20)23-10-2-1-3-11-23)27(36(39)40)28(37)34(29(33)38)19-22-9-5-7-13-25(22)31/h1-17H,18-19H2/b15-14+. The molecule has 40 heavy (non-hydrogen) atoms. The van der Waals surface area contributed by atoms with E-state index in [4.69, 9.17) is 0 Å². The third-order valence-electron chi connectivity index (χ3n) is 6.26. The van der Waals surface area contributed by atoms with Crippen LogP contribution in [-0.4, -0.2) is 23.8 Å². The Hall–Kier alpha value is -5.45. The number of aromatic nitrogens is 4. The monoisotopic (exact) mass is 541 g/mol. The quantitative estimate of drug-likeness (QED) is 0.210. The van der Waals surface area contributed by atoms with Crippen molar-refractivity contribution in [1.29, 1.82) is 0 Å². The lowest BCUT2D eigenvalue weighted by molar-refractivity contribution is -0.387. The molecule has 2 heterocycles. The number of para-hydroxylation sites is 1. The summed E-state index contributed by atoms with van der Waals surface area (Å²) in [5, 5.41) is 16.5. The average Bonchev–Trinajstić information content (AvgIpc) is 3.43. The molecular weight excluding hydrogens is 520 g/mol. The molecule has 0 amide bonds. The molecule has 3 aromatic carbocycles. The Morgan fingerprint density at radius 1 is 0.800 bits per heavy atom. The minimum absolute atomic E-state index is 0.00921. The molecule has 0 unspecified atom stereocenters. The second-order valence-electron chi connectivity index (χ2n) is 8.82. The topological polar surface area (TPSA) is 105 Å². The number of benzene rings is 3. The maximum absolute atomic E-state index is 14.6. The van der Waals surface area contributed by atoms with E-state index in [-0.39, 0.29) is 16.8 Å². The van der Waals surface area contributed by atoms with Gasteiger partial charge in [-0.15, -0.1) is 0 Å². The fourth-order valence-corrected chi connectivity index (χ4v) is 4.25. The minimum atomic E-state index is -1.21. The molecule has 0 fully saturated rings. The second kappa shape index (κ2) is 11.1. The lowest BCUT2D eigenvalue weighted by Gasteiger charge is -2.15. The molecule has 200 valence electrons. The van der Waals surface area contributed by atoms with Gasteiger partial charge in [0.25, 0.3) is 0 Å². The smallest absolute Gasteiger partial charge is 0.283 e. The normalized spacial score (nSPS) is 11.2. The van der Waals surface area contributed by atoms with Crippen molar-refractivity contribution in [2.24, 2.45) is 0 Å². The molecule has 0 bridgehead atoms.